The zero-order chi connectivity index (χ0) is 15.9. The Kier molecular flexibility index (Phi) is 6.04. The summed E-state index contributed by atoms with van der Waals surface area (Å²) in [6.07, 6.45) is 0. The molecule has 0 amide bonds. The molecule has 0 N–H and O–H groups in total. The number of ether oxygens (including phenoxy) is 5. The summed E-state index contributed by atoms with van der Waals surface area (Å²) in [5, 5.41) is 1.02. The number of hydrogen-bond donors (Lipinski definition) is 0. The molecule has 1 aliphatic heterocycles. The third kappa shape index (κ3) is 4.78. The average molecular weight is 339 g/mol. The number of aryl methyl sites for hydroxylation is 1. The molecule has 23 heavy (non-hydrogen) atoms. The number of fused-ring (bicyclic) bond motifs is 2. The number of nitrogens with zero attached hydrogens (tertiary/aromatic N) is 1. The lowest BCUT2D eigenvalue weighted by Crippen LogP contribution is -2.13. The van der Waals surface area contributed by atoms with Crippen LogP contribution >= 0.6 is 11.3 Å². The van der Waals surface area contributed by atoms with E-state index in [1.807, 2.05) is 19.1 Å². The van der Waals surface area contributed by atoms with Crippen LogP contribution in [0.2, 0.25) is 0 Å². The van der Waals surface area contributed by atoms with Gasteiger partial charge in [0.25, 0.3) is 0 Å². The second kappa shape index (κ2) is 8.44. The molecule has 2 aromatic rings. The summed E-state index contributed by atoms with van der Waals surface area (Å²) in [7, 11) is 0. The van der Waals surface area contributed by atoms with E-state index in [1.54, 1.807) is 11.3 Å². The van der Waals surface area contributed by atoms with E-state index in [2.05, 4.69) is 4.98 Å². The first-order chi connectivity index (χ1) is 11.3. The molecular weight excluding hydrogens is 318 g/mol. The zero-order valence-corrected chi connectivity index (χ0v) is 14.0. The molecule has 7 heteroatoms. The van der Waals surface area contributed by atoms with E-state index < -0.39 is 0 Å². The first-order valence-electron chi connectivity index (χ1n) is 7.73. The second-order valence-corrected chi connectivity index (χ2v) is 6.27. The number of benzene rings is 1. The average Bonchev–Trinajstić information content (AvgIpc) is 2.89. The molecule has 6 nitrogen and oxygen atoms in total. The van der Waals surface area contributed by atoms with Crippen LogP contribution in [-0.2, 0) is 14.2 Å². The van der Waals surface area contributed by atoms with Crippen LogP contribution in [0.5, 0.6) is 11.5 Å². The van der Waals surface area contributed by atoms with Crippen molar-refractivity contribution in [3.8, 4) is 11.5 Å². The predicted molar refractivity (Wildman–Crippen MR) is 87.8 cm³/mol. The van der Waals surface area contributed by atoms with E-state index in [0.29, 0.717) is 58.6 Å². The van der Waals surface area contributed by atoms with Crippen LogP contribution in [0.3, 0.4) is 0 Å². The van der Waals surface area contributed by atoms with Gasteiger partial charge in [0.1, 0.15) is 13.2 Å². The minimum absolute atomic E-state index is 0.460. The minimum Gasteiger partial charge on any atom is -0.487 e. The molecule has 1 aromatic carbocycles. The van der Waals surface area contributed by atoms with Crippen LogP contribution in [0.25, 0.3) is 10.2 Å². The van der Waals surface area contributed by atoms with Crippen molar-refractivity contribution in [1.29, 1.82) is 0 Å². The van der Waals surface area contributed by atoms with Gasteiger partial charge in [0.05, 0.1) is 54.9 Å². The smallest absolute Gasteiger partial charge is 0.163 e. The third-order valence-corrected chi connectivity index (χ3v) is 4.21. The van der Waals surface area contributed by atoms with Crippen LogP contribution < -0.4 is 9.47 Å². The van der Waals surface area contributed by atoms with Crippen molar-refractivity contribution in [2.45, 2.75) is 6.92 Å². The summed E-state index contributed by atoms with van der Waals surface area (Å²) < 4.78 is 29.1. The first kappa shape index (κ1) is 16.4. The van der Waals surface area contributed by atoms with Gasteiger partial charge in [0.15, 0.2) is 11.5 Å². The van der Waals surface area contributed by atoms with Crippen molar-refractivity contribution in [2.24, 2.45) is 0 Å². The van der Waals surface area contributed by atoms with Gasteiger partial charge in [-0.25, -0.2) is 4.98 Å². The Morgan fingerprint density at radius 2 is 1.30 bits per heavy atom. The standard InChI is InChI=1S/C16H21NO5S/c1-12-17-13-10-14-15(11-16(13)23-12)22-9-7-20-5-3-18-2-4-19-6-8-21-14/h10-11H,2-9H2,1H3. The van der Waals surface area contributed by atoms with Crippen LogP contribution in [0.1, 0.15) is 5.01 Å². The van der Waals surface area contributed by atoms with Gasteiger partial charge < -0.3 is 23.7 Å². The lowest BCUT2D eigenvalue weighted by Gasteiger charge is -2.13. The quantitative estimate of drug-likeness (QED) is 0.735. The Bertz CT molecular complexity index is 579. The van der Waals surface area contributed by atoms with Crippen molar-refractivity contribution in [2.75, 3.05) is 52.9 Å². The Labute approximate surface area is 139 Å². The van der Waals surface area contributed by atoms with Crippen LogP contribution in [0, 0.1) is 6.92 Å². The van der Waals surface area contributed by atoms with E-state index in [1.165, 1.54) is 0 Å². The maximum atomic E-state index is 5.83. The van der Waals surface area contributed by atoms with Crippen molar-refractivity contribution in [1.82, 2.24) is 4.98 Å². The highest BCUT2D eigenvalue weighted by Gasteiger charge is 2.11. The molecule has 0 radical (unpaired) electrons. The second-order valence-electron chi connectivity index (χ2n) is 5.03. The Balaban J connectivity index is 1.74. The lowest BCUT2D eigenvalue weighted by molar-refractivity contribution is 0.00708. The lowest BCUT2D eigenvalue weighted by atomic mass is 10.3. The normalized spacial score (nSPS) is 18.3. The highest BCUT2D eigenvalue weighted by atomic mass is 32.1. The van der Waals surface area contributed by atoms with Gasteiger partial charge >= 0.3 is 0 Å². The monoisotopic (exact) mass is 339 g/mol. The molecule has 126 valence electrons. The van der Waals surface area contributed by atoms with E-state index in [0.717, 1.165) is 21.0 Å². The maximum absolute atomic E-state index is 5.83. The van der Waals surface area contributed by atoms with Gasteiger partial charge in [-0.2, -0.15) is 0 Å². The molecular formula is C16H21NO5S. The third-order valence-electron chi connectivity index (χ3n) is 3.28. The Morgan fingerprint density at radius 1 is 0.783 bits per heavy atom. The minimum atomic E-state index is 0.460. The number of aromatic nitrogens is 1. The summed E-state index contributed by atoms with van der Waals surface area (Å²) in [6.45, 7) is 6.18. The van der Waals surface area contributed by atoms with E-state index in [-0.39, 0.29) is 0 Å². The Morgan fingerprint density at radius 3 is 1.91 bits per heavy atom. The van der Waals surface area contributed by atoms with Gasteiger partial charge in [0.2, 0.25) is 0 Å². The molecule has 0 bridgehead atoms. The molecule has 3 rings (SSSR count). The van der Waals surface area contributed by atoms with Gasteiger partial charge in [-0.3, -0.25) is 0 Å². The van der Waals surface area contributed by atoms with E-state index in [9.17, 15) is 0 Å². The topological polar surface area (TPSA) is 59.0 Å². The fourth-order valence-electron chi connectivity index (χ4n) is 2.24. The largest absolute Gasteiger partial charge is 0.487 e. The van der Waals surface area contributed by atoms with Crippen molar-refractivity contribution >= 4 is 21.6 Å². The SMILES string of the molecule is Cc1nc2cc3c(cc2s1)OCCOCCOCCOCCO3. The van der Waals surface area contributed by atoms with Crippen molar-refractivity contribution in [3.05, 3.63) is 17.1 Å². The molecule has 1 aliphatic rings. The highest BCUT2D eigenvalue weighted by molar-refractivity contribution is 7.18. The summed E-state index contributed by atoms with van der Waals surface area (Å²) >= 11 is 1.64. The summed E-state index contributed by atoms with van der Waals surface area (Å²) in [5.74, 6) is 1.41. The maximum Gasteiger partial charge on any atom is 0.163 e. The zero-order valence-electron chi connectivity index (χ0n) is 13.2. The summed E-state index contributed by atoms with van der Waals surface area (Å²) in [4.78, 5) is 4.50. The number of thiazole rings is 1. The molecule has 0 unspecified atom stereocenters. The summed E-state index contributed by atoms with van der Waals surface area (Å²) in [5.41, 5.74) is 0.929. The van der Waals surface area contributed by atoms with E-state index >= 15 is 0 Å². The molecule has 2 heterocycles. The molecule has 0 spiro atoms. The molecule has 0 saturated heterocycles. The van der Waals surface area contributed by atoms with Gasteiger partial charge in [-0.05, 0) is 6.92 Å². The molecule has 0 saturated carbocycles. The highest BCUT2D eigenvalue weighted by Crippen LogP contribution is 2.35. The van der Waals surface area contributed by atoms with Gasteiger partial charge in [-0.15, -0.1) is 11.3 Å². The molecule has 0 aliphatic carbocycles. The molecule has 1 aromatic heterocycles. The Hall–Kier alpha value is -1.41. The number of rotatable bonds is 0. The van der Waals surface area contributed by atoms with Crippen LogP contribution in [-0.4, -0.2) is 57.8 Å². The van der Waals surface area contributed by atoms with Crippen LogP contribution in [0.4, 0.5) is 0 Å². The predicted octanol–water partition coefficient (Wildman–Crippen LogP) is 2.43. The molecule has 0 fully saturated rings. The molecule has 0 atom stereocenters. The first-order valence-corrected chi connectivity index (χ1v) is 8.54. The van der Waals surface area contributed by atoms with Crippen LogP contribution in [0.15, 0.2) is 12.1 Å². The van der Waals surface area contributed by atoms with Gasteiger partial charge in [-0.1, -0.05) is 0 Å². The van der Waals surface area contributed by atoms with E-state index in [4.69, 9.17) is 23.7 Å². The fraction of sp³-hybridized carbons (Fsp3) is 0.562. The summed E-state index contributed by atoms with van der Waals surface area (Å²) in [6, 6.07) is 3.91. The fourth-order valence-corrected chi connectivity index (χ4v) is 3.08. The van der Waals surface area contributed by atoms with Crippen molar-refractivity contribution in [3.63, 3.8) is 0 Å². The van der Waals surface area contributed by atoms with Gasteiger partial charge in [0, 0.05) is 12.1 Å². The van der Waals surface area contributed by atoms with Crippen molar-refractivity contribution < 1.29 is 23.7 Å². The number of hydrogen-bond acceptors (Lipinski definition) is 7.